The number of rotatable bonds is 2. The summed E-state index contributed by atoms with van der Waals surface area (Å²) in [5, 5.41) is -1.17. The topological polar surface area (TPSA) is 17.8 Å². The van der Waals surface area contributed by atoms with Crippen LogP contribution in [0.5, 0.6) is 0 Å². The third kappa shape index (κ3) is 3.00. The van der Waals surface area contributed by atoms with Gasteiger partial charge in [-0.25, -0.2) is 4.98 Å². The van der Waals surface area contributed by atoms with Gasteiger partial charge in [-0.3, -0.25) is 4.57 Å². The van der Waals surface area contributed by atoms with E-state index in [0.29, 0.717) is 5.56 Å². The van der Waals surface area contributed by atoms with Crippen molar-refractivity contribution < 1.29 is 23.3 Å². The van der Waals surface area contributed by atoms with Crippen LogP contribution in [-0.2, 0) is 5.41 Å². The van der Waals surface area contributed by atoms with Gasteiger partial charge in [-0.1, -0.05) is 111 Å². The normalized spacial score (nSPS) is 21.0. The lowest BCUT2D eigenvalue weighted by atomic mass is 9.81. The Morgan fingerprint density at radius 1 is 0.718 bits per heavy atom. The molecule has 39 heavy (non-hydrogen) atoms. The Labute approximate surface area is 252 Å². The number of hydrogen-bond donors (Lipinski definition) is 0. The van der Waals surface area contributed by atoms with Gasteiger partial charge in [0.15, 0.2) is 0 Å². The Morgan fingerprint density at radius 3 is 2.13 bits per heavy atom. The van der Waals surface area contributed by atoms with Crippen molar-refractivity contribution in [3.63, 3.8) is 0 Å². The molecule has 1 aliphatic carbocycles. The molecule has 186 valence electrons. The first-order valence-electron chi connectivity index (χ1n) is 20.8. The van der Waals surface area contributed by atoms with E-state index in [2.05, 4.69) is 4.98 Å². The van der Waals surface area contributed by atoms with Gasteiger partial charge in [0.2, 0.25) is 0 Å². The van der Waals surface area contributed by atoms with Crippen LogP contribution in [0.4, 0.5) is 0 Å². The fraction of sp³-hybridized carbons (Fsp3) is 0.108. The number of fused-ring (bicyclic) bond motifs is 6. The molecule has 7 aromatic rings. The molecule has 0 fully saturated rings. The van der Waals surface area contributed by atoms with E-state index in [4.69, 9.17) is 17.8 Å². The van der Waals surface area contributed by atoms with Crippen LogP contribution in [0.25, 0.3) is 60.5 Å². The summed E-state index contributed by atoms with van der Waals surface area (Å²) in [6, 6.07) is 11.3. The minimum atomic E-state index is -3.16. The third-order valence-electron chi connectivity index (χ3n) is 7.47. The van der Waals surface area contributed by atoms with Crippen LogP contribution >= 0.6 is 0 Å². The van der Waals surface area contributed by atoms with Crippen molar-refractivity contribution in [3.05, 3.63) is 132 Å². The maximum absolute atomic E-state index is 9.31. The standard InChI is InChI=1S/C37H28N2/c1-23-38-33-18-10-11-19-34(33)39(23)36-29-15-6-4-13-27(29)35(28-14-5-7-16-30(28)36)24-20-21-26-25-12-8-9-17-31(25)37(2,3)32(26)22-24/h4-22H,1-3H3/i1D3,2D3,3D3,4D,5D,6D,7D,13D,14D,15D,16D. The van der Waals surface area contributed by atoms with E-state index in [1.807, 2.05) is 0 Å². The maximum atomic E-state index is 9.31. The molecule has 0 saturated carbocycles. The van der Waals surface area contributed by atoms with E-state index in [0.717, 1.165) is 4.57 Å². The van der Waals surface area contributed by atoms with E-state index < -0.39 is 80.1 Å². The molecular weight excluding hydrogens is 472 g/mol. The summed E-state index contributed by atoms with van der Waals surface area (Å²) in [4.78, 5) is 4.37. The fourth-order valence-corrected chi connectivity index (χ4v) is 5.80. The van der Waals surface area contributed by atoms with Gasteiger partial charge in [-0.05, 0) is 69.2 Å². The fourth-order valence-electron chi connectivity index (χ4n) is 5.80. The average molecular weight is 518 g/mol. The zero-order valence-corrected chi connectivity index (χ0v) is 20.2. The number of aryl methyl sites for hydroxylation is 1. The Kier molecular flexibility index (Phi) is 2.27. The van der Waals surface area contributed by atoms with Gasteiger partial charge >= 0.3 is 0 Å². The van der Waals surface area contributed by atoms with Crippen molar-refractivity contribution in [2.75, 3.05) is 0 Å². The zero-order chi connectivity index (χ0) is 40.8. The molecule has 1 heterocycles. The number of hydrogen-bond acceptors (Lipinski definition) is 1. The maximum Gasteiger partial charge on any atom is 0.111 e. The van der Waals surface area contributed by atoms with Crippen LogP contribution in [0.2, 0.25) is 0 Å². The Morgan fingerprint density at radius 2 is 1.38 bits per heavy atom. The molecule has 0 saturated heterocycles. The van der Waals surface area contributed by atoms with Gasteiger partial charge in [0.05, 0.1) is 27.7 Å². The second-order valence-electron chi connectivity index (χ2n) is 9.54. The lowest BCUT2D eigenvalue weighted by molar-refractivity contribution is 0.660. The predicted molar refractivity (Wildman–Crippen MR) is 164 cm³/mol. The molecule has 0 radical (unpaired) electrons. The molecule has 0 bridgehead atoms. The monoisotopic (exact) mass is 517 g/mol. The quantitative estimate of drug-likeness (QED) is 0.209. The first kappa shape index (κ1) is 11.2. The molecule has 0 spiro atoms. The third-order valence-corrected chi connectivity index (χ3v) is 7.47. The molecule has 1 aromatic heterocycles. The van der Waals surface area contributed by atoms with Crippen LogP contribution in [0.3, 0.4) is 0 Å². The van der Waals surface area contributed by atoms with Gasteiger partial charge in [0.1, 0.15) is 5.82 Å². The van der Waals surface area contributed by atoms with Gasteiger partial charge in [0, 0.05) is 28.5 Å². The molecule has 0 N–H and O–H groups in total. The first-order chi connectivity index (χ1) is 26.1. The molecule has 0 unspecified atom stereocenters. The second-order valence-corrected chi connectivity index (χ2v) is 9.54. The van der Waals surface area contributed by atoms with E-state index in [-0.39, 0.29) is 66.1 Å². The summed E-state index contributed by atoms with van der Waals surface area (Å²) >= 11 is 0. The number of benzene rings is 6. The lowest BCUT2D eigenvalue weighted by Gasteiger charge is -2.23. The summed E-state index contributed by atoms with van der Waals surface area (Å²) in [7, 11) is 0. The number of aromatic nitrogens is 2. The smallest absolute Gasteiger partial charge is 0.111 e. The number of imidazole rings is 1. The minimum Gasteiger partial charge on any atom is -0.295 e. The van der Waals surface area contributed by atoms with Crippen molar-refractivity contribution in [2.45, 2.75) is 26.0 Å². The molecular formula is C37H28N2. The molecule has 0 aliphatic heterocycles. The van der Waals surface area contributed by atoms with Crippen LogP contribution in [0, 0.1) is 6.85 Å². The van der Waals surface area contributed by atoms with E-state index in [1.165, 1.54) is 42.5 Å². The Balaban J connectivity index is 1.67. The van der Waals surface area contributed by atoms with E-state index in [9.17, 15) is 5.48 Å². The van der Waals surface area contributed by atoms with Crippen molar-refractivity contribution in [1.29, 1.82) is 0 Å². The van der Waals surface area contributed by atoms with Gasteiger partial charge in [-0.2, -0.15) is 0 Å². The highest BCUT2D eigenvalue weighted by Crippen LogP contribution is 2.51. The molecule has 1 aliphatic rings. The first-order valence-corrected chi connectivity index (χ1v) is 12.3. The molecule has 0 amide bonds. The molecule has 2 nitrogen and oxygen atoms in total. The summed E-state index contributed by atoms with van der Waals surface area (Å²) in [5.41, 5.74) is -2.12. The SMILES string of the molecule is [2H]c1c([2H])c([2H])c2c(-n3c(C([2H])([2H])[2H])nc4ccccc43)c3c([2H])c([2H])c([2H])c([2H])c3c(-c3ccc4c(c3)C(C([2H])([2H])[2H])(C([2H])([2H])[2H])c3ccccc3-4)c2c1[2H]. The van der Waals surface area contributed by atoms with Crippen LogP contribution < -0.4 is 0 Å². The molecule has 0 atom stereocenters. The minimum absolute atomic E-state index is 0.00224. The van der Waals surface area contributed by atoms with Crippen molar-refractivity contribution in [1.82, 2.24) is 9.55 Å². The highest BCUT2D eigenvalue weighted by atomic mass is 15.1. The van der Waals surface area contributed by atoms with Crippen LogP contribution in [-0.4, -0.2) is 9.55 Å². The van der Waals surface area contributed by atoms with Crippen molar-refractivity contribution in [2.24, 2.45) is 0 Å². The van der Waals surface area contributed by atoms with Gasteiger partial charge < -0.3 is 0 Å². The van der Waals surface area contributed by atoms with Gasteiger partial charge in [0.25, 0.3) is 0 Å². The van der Waals surface area contributed by atoms with Crippen LogP contribution in [0.15, 0.2) is 115 Å². The van der Waals surface area contributed by atoms with E-state index >= 15 is 0 Å². The molecule has 8 rings (SSSR count). The summed E-state index contributed by atoms with van der Waals surface area (Å²) < 4.78 is 151. The zero-order valence-electron chi connectivity index (χ0n) is 37.2. The summed E-state index contributed by atoms with van der Waals surface area (Å²) in [5.74, 6) is -0.538. The Hall–Kier alpha value is -4.69. The van der Waals surface area contributed by atoms with E-state index in [1.54, 1.807) is 24.3 Å². The number of para-hydroxylation sites is 2. The highest BCUT2D eigenvalue weighted by Gasteiger charge is 2.35. The lowest BCUT2D eigenvalue weighted by Crippen LogP contribution is -2.14. The van der Waals surface area contributed by atoms with Crippen molar-refractivity contribution >= 4 is 32.6 Å². The largest absolute Gasteiger partial charge is 0.295 e. The van der Waals surface area contributed by atoms with Crippen molar-refractivity contribution in [3.8, 4) is 27.9 Å². The number of nitrogens with zero attached hydrogens (tertiary/aromatic N) is 2. The van der Waals surface area contributed by atoms with Crippen LogP contribution in [0.1, 0.15) is 54.0 Å². The Bertz CT molecular complexity index is 2770. The summed E-state index contributed by atoms with van der Waals surface area (Å²) in [6.07, 6.45) is 0. The molecule has 2 heteroatoms. The molecule has 6 aromatic carbocycles. The highest BCUT2D eigenvalue weighted by molar-refractivity contribution is 6.18. The average Bonchev–Trinajstić information content (AvgIpc) is 3.68. The predicted octanol–water partition coefficient (Wildman–Crippen LogP) is 9.61. The second kappa shape index (κ2) is 7.91. The van der Waals surface area contributed by atoms with Gasteiger partial charge in [-0.15, -0.1) is 0 Å². The summed E-state index contributed by atoms with van der Waals surface area (Å²) in [6.45, 7) is -9.25.